The van der Waals surface area contributed by atoms with Crippen LogP contribution in [-0.4, -0.2) is 51.2 Å². The van der Waals surface area contributed by atoms with Crippen molar-refractivity contribution in [2.75, 3.05) is 24.2 Å². The van der Waals surface area contributed by atoms with Crippen molar-refractivity contribution in [1.82, 2.24) is 4.90 Å². The van der Waals surface area contributed by atoms with Crippen molar-refractivity contribution in [2.24, 2.45) is 0 Å². The molecule has 0 radical (unpaired) electrons. The molecule has 1 aliphatic heterocycles. The zero-order valence-electron chi connectivity index (χ0n) is 13.4. The number of carbonyl (C=O) groups is 1. The van der Waals surface area contributed by atoms with E-state index in [1.165, 1.54) is 4.31 Å². The fourth-order valence-corrected chi connectivity index (χ4v) is 4.26. The van der Waals surface area contributed by atoms with E-state index in [4.69, 9.17) is 4.74 Å². The summed E-state index contributed by atoms with van der Waals surface area (Å²) in [6.45, 7) is 0.0196. The Morgan fingerprint density at radius 1 is 1.26 bits per heavy atom. The lowest BCUT2D eigenvalue weighted by atomic mass is 10.1. The highest BCUT2D eigenvalue weighted by Gasteiger charge is 2.37. The summed E-state index contributed by atoms with van der Waals surface area (Å²) in [7, 11) is -1.68. The number of ether oxygens (including phenoxy) is 1. The maximum Gasteiger partial charge on any atom is 0.265 e. The van der Waals surface area contributed by atoms with E-state index in [9.17, 15) is 13.2 Å². The van der Waals surface area contributed by atoms with Gasteiger partial charge < -0.3 is 9.64 Å². The summed E-state index contributed by atoms with van der Waals surface area (Å²) < 4.78 is 31.2. The number of nitrogens with zero attached hydrogens (tertiary/aromatic N) is 2. The van der Waals surface area contributed by atoms with Crippen LogP contribution in [0.1, 0.15) is 25.7 Å². The van der Waals surface area contributed by atoms with E-state index < -0.39 is 16.1 Å². The number of benzene rings is 1. The lowest BCUT2D eigenvalue weighted by molar-refractivity contribution is -0.139. The molecule has 1 saturated carbocycles. The van der Waals surface area contributed by atoms with Gasteiger partial charge in [-0.25, -0.2) is 8.42 Å². The molecule has 1 aliphatic carbocycles. The summed E-state index contributed by atoms with van der Waals surface area (Å²) in [6, 6.07) is 7.15. The van der Waals surface area contributed by atoms with Crippen LogP contribution < -0.4 is 9.04 Å². The number of rotatable bonds is 3. The molecule has 1 aromatic carbocycles. The number of fused-ring (bicyclic) bond motifs is 1. The molecule has 3 rings (SSSR count). The number of hydrogen-bond acceptors (Lipinski definition) is 4. The third-order valence-corrected chi connectivity index (χ3v) is 5.78. The average molecular weight is 338 g/mol. The zero-order chi connectivity index (χ0) is 16.6. The smallest absolute Gasteiger partial charge is 0.265 e. The Balaban J connectivity index is 1.86. The summed E-state index contributed by atoms with van der Waals surface area (Å²) in [6.07, 6.45) is 4.61. The summed E-state index contributed by atoms with van der Waals surface area (Å²) in [5.74, 6) is 0.280. The minimum Gasteiger partial charge on any atom is -0.476 e. The molecule has 0 saturated heterocycles. The quantitative estimate of drug-likeness (QED) is 0.840. The number of likely N-dealkylation sites (N-methyl/N-ethyl adjacent to an activating group) is 1. The molecule has 0 spiro atoms. The highest BCUT2D eigenvalue weighted by Crippen LogP contribution is 2.35. The number of para-hydroxylation sites is 2. The Kier molecular flexibility index (Phi) is 4.23. The predicted octanol–water partition coefficient (Wildman–Crippen LogP) is 1.61. The molecule has 1 unspecified atom stereocenters. The van der Waals surface area contributed by atoms with Crippen LogP contribution in [0.3, 0.4) is 0 Å². The average Bonchev–Trinajstić information content (AvgIpc) is 3.05. The highest BCUT2D eigenvalue weighted by molar-refractivity contribution is 7.92. The van der Waals surface area contributed by atoms with Gasteiger partial charge in [0.2, 0.25) is 10.0 Å². The number of amides is 1. The van der Waals surface area contributed by atoms with E-state index >= 15 is 0 Å². The molecule has 1 heterocycles. The number of hydrogen-bond donors (Lipinski definition) is 0. The van der Waals surface area contributed by atoms with Gasteiger partial charge in [-0.05, 0) is 25.0 Å². The van der Waals surface area contributed by atoms with Crippen LogP contribution in [0.5, 0.6) is 5.75 Å². The van der Waals surface area contributed by atoms with E-state index in [1.807, 2.05) is 0 Å². The molecular formula is C16H22N2O4S. The van der Waals surface area contributed by atoms with Crippen LogP contribution in [0.2, 0.25) is 0 Å². The molecule has 1 amide bonds. The van der Waals surface area contributed by atoms with E-state index in [0.29, 0.717) is 11.4 Å². The number of sulfonamides is 1. The Hall–Kier alpha value is -1.76. The number of anilines is 1. The van der Waals surface area contributed by atoms with Crippen LogP contribution in [0, 0.1) is 0 Å². The molecule has 126 valence electrons. The molecule has 23 heavy (non-hydrogen) atoms. The fraction of sp³-hybridized carbons (Fsp3) is 0.562. The van der Waals surface area contributed by atoms with Gasteiger partial charge in [0.1, 0.15) is 5.75 Å². The second-order valence-electron chi connectivity index (χ2n) is 6.26. The second-order valence-corrected chi connectivity index (χ2v) is 8.16. The van der Waals surface area contributed by atoms with Crippen molar-refractivity contribution in [3.8, 4) is 5.75 Å². The first-order valence-corrected chi connectivity index (χ1v) is 9.73. The van der Waals surface area contributed by atoms with Crippen molar-refractivity contribution < 1.29 is 17.9 Å². The molecule has 6 nitrogen and oxygen atoms in total. The second kappa shape index (κ2) is 6.03. The van der Waals surface area contributed by atoms with Gasteiger partial charge in [0, 0.05) is 13.1 Å². The maximum atomic E-state index is 12.7. The van der Waals surface area contributed by atoms with Gasteiger partial charge in [0.15, 0.2) is 6.10 Å². The third kappa shape index (κ3) is 3.15. The van der Waals surface area contributed by atoms with Crippen molar-refractivity contribution in [1.29, 1.82) is 0 Å². The Labute approximate surface area is 137 Å². The number of carbonyl (C=O) groups excluding carboxylic acids is 1. The Morgan fingerprint density at radius 3 is 2.57 bits per heavy atom. The lowest BCUT2D eigenvalue weighted by Crippen LogP contribution is -2.52. The monoisotopic (exact) mass is 338 g/mol. The van der Waals surface area contributed by atoms with Crippen molar-refractivity contribution >= 4 is 21.6 Å². The predicted molar refractivity (Wildman–Crippen MR) is 88.1 cm³/mol. The Bertz CT molecular complexity index is 698. The molecule has 7 heteroatoms. The van der Waals surface area contributed by atoms with Gasteiger partial charge in [-0.3, -0.25) is 9.10 Å². The third-order valence-electron chi connectivity index (χ3n) is 4.63. The van der Waals surface area contributed by atoms with E-state index in [1.54, 1.807) is 36.2 Å². The summed E-state index contributed by atoms with van der Waals surface area (Å²) in [5.41, 5.74) is 0.488. The van der Waals surface area contributed by atoms with Crippen molar-refractivity contribution in [2.45, 2.75) is 37.8 Å². The van der Waals surface area contributed by atoms with Gasteiger partial charge in [0.25, 0.3) is 5.91 Å². The Morgan fingerprint density at radius 2 is 1.91 bits per heavy atom. The van der Waals surface area contributed by atoms with Crippen LogP contribution in [0.4, 0.5) is 5.69 Å². The fourth-order valence-electron chi connectivity index (χ4n) is 3.34. The first-order valence-electron chi connectivity index (χ1n) is 7.88. The van der Waals surface area contributed by atoms with Gasteiger partial charge in [-0.15, -0.1) is 0 Å². The largest absolute Gasteiger partial charge is 0.476 e. The van der Waals surface area contributed by atoms with Crippen LogP contribution in [-0.2, 0) is 14.8 Å². The van der Waals surface area contributed by atoms with Gasteiger partial charge in [-0.2, -0.15) is 0 Å². The first kappa shape index (κ1) is 16.1. The van der Waals surface area contributed by atoms with Crippen LogP contribution >= 0.6 is 0 Å². The lowest BCUT2D eigenvalue weighted by Gasteiger charge is -2.36. The molecular weight excluding hydrogens is 316 g/mol. The first-order chi connectivity index (χ1) is 10.9. The van der Waals surface area contributed by atoms with Crippen LogP contribution in [0.15, 0.2) is 24.3 Å². The summed E-state index contributed by atoms with van der Waals surface area (Å²) in [4.78, 5) is 14.5. The minimum absolute atomic E-state index is 0.0196. The maximum absolute atomic E-state index is 12.7. The molecule has 0 aromatic heterocycles. The van der Waals surface area contributed by atoms with Crippen LogP contribution in [0.25, 0.3) is 0 Å². The van der Waals surface area contributed by atoms with E-state index in [0.717, 1.165) is 31.9 Å². The molecule has 0 bridgehead atoms. The summed E-state index contributed by atoms with van der Waals surface area (Å²) >= 11 is 0. The van der Waals surface area contributed by atoms with E-state index in [-0.39, 0.29) is 18.5 Å². The SMILES string of the molecule is CN(C(=O)C1CN(S(C)(=O)=O)c2ccccc2O1)C1CCCC1. The topological polar surface area (TPSA) is 66.9 Å². The molecule has 1 aromatic rings. The molecule has 0 N–H and O–H groups in total. The normalized spacial score (nSPS) is 21.7. The van der Waals surface area contributed by atoms with Gasteiger partial charge in [-0.1, -0.05) is 25.0 Å². The minimum atomic E-state index is -3.47. The van der Waals surface area contributed by atoms with Gasteiger partial charge in [0.05, 0.1) is 18.5 Å². The van der Waals surface area contributed by atoms with Gasteiger partial charge >= 0.3 is 0 Å². The zero-order valence-corrected chi connectivity index (χ0v) is 14.3. The molecule has 1 atom stereocenters. The van der Waals surface area contributed by atoms with Crippen molar-refractivity contribution in [3.63, 3.8) is 0 Å². The highest BCUT2D eigenvalue weighted by atomic mass is 32.2. The van der Waals surface area contributed by atoms with Crippen molar-refractivity contribution in [3.05, 3.63) is 24.3 Å². The molecule has 1 fully saturated rings. The summed E-state index contributed by atoms with van der Waals surface area (Å²) in [5, 5.41) is 0. The standard InChI is InChI=1S/C16H22N2O4S/c1-17(12-7-3-4-8-12)16(19)15-11-18(23(2,20)21)13-9-5-6-10-14(13)22-15/h5-6,9-10,12,15H,3-4,7-8,11H2,1-2H3. The molecule has 2 aliphatic rings. The van der Waals surface area contributed by atoms with E-state index in [2.05, 4.69) is 0 Å².